The van der Waals surface area contributed by atoms with E-state index in [1.165, 1.54) is 16.4 Å². The van der Waals surface area contributed by atoms with Crippen molar-refractivity contribution in [3.63, 3.8) is 0 Å². The number of likely N-dealkylation sites (N-methyl/N-ethyl adjacent to an activating group) is 1. The molecule has 1 unspecified atom stereocenters. The van der Waals surface area contributed by atoms with Gasteiger partial charge in [0.2, 0.25) is 15.9 Å². The lowest BCUT2D eigenvalue weighted by Crippen LogP contribution is -2.47. The number of rotatable bonds is 6. The van der Waals surface area contributed by atoms with Crippen LogP contribution in [0, 0.1) is 23.0 Å². The first-order chi connectivity index (χ1) is 12.6. The molecule has 0 bridgehead atoms. The van der Waals surface area contributed by atoms with E-state index in [9.17, 15) is 23.3 Å². The highest BCUT2D eigenvalue weighted by molar-refractivity contribution is 7.89. The van der Waals surface area contributed by atoms with E-state index in [-0.39, 0.29) is 41.5 Å². The highest BCUT2D eigenvalue weighted by Gasteiger charge is 2.35. The number of nitro benzene ring substituents is 1. The lowest BCUT2D eigenvalue weighted by atomic mass is 9.96. The monoisotopic (exact) mass is 398 g/mol. The number of piperidine rings is 1. The number of nitrogens with zero attached hydrogens (tertiary/aromatic N) is 3. The highest BCUT2D eigenvalue weighted by atomic mass is 32.2. The van der Waals surface area contributed by atoms with Crippen molar-refractivity contribution in [2.45, 2.75) is 37.6 Å². The van der Waals surface area contributed by atoms with Crippen LogP contribution in [0.3, 0.4) is 0 Å². The molecular weight excluding hydrogens is 372 g/mol. The number of amides is 1. The zero-order chi connectivity index (χ0) is 20.4. The molecule has 1 aromatic carbocycles. The fourth-order valence-electron chi connectivity index (χ4n) is 3.13. The molecular formula is C17H26N4O5S. The quantitative estimate of drug-likeness (QED) is 0.565. The topological polar surface area (TPSA) is 127 Å². The SMILES string of the molecule is Cc1ccc([N+](=O)[O-])cc1S(=O)(=O)N1CCC(C(=O)N(C)C(C)CN)CC1. The number of benzene rings is 1. The summed E-state index contributed by atoms with van der Waals surface area (Å²) in [7, 11) is -2.15. The van der Waals surface area contributed by atoms with E-state index in [1.54, 1.807) is 18.9 Å². The number of aryl methyl sites for hydroxylation is 1. The van der Waals surface area contributed by atoms with Gasteiger partial charge in [-0.15, -0.1) is 0 Å². The second-order valence-corrected chi connectivity index (χ2v) is 8.83. The maximum Gasteiger partial charge on any atom is 0.270 e. The second kappa shape index (κ2) is 8.32. The van der Waals surface area contributed by atoms with Crippen LogP contribution in [0.2, 0.25) is 0 Å². The minimum Gasteiger partial charge on any atom is -0.342 e. The van der Waals surface area contributed by atoms with Crippen LogP contribution in [0.4, 0.5) is 5.69 Å². The molecule has 1 amide bonds. The summed E-state index contributed by atoms with van der Waals surface area (Å²) in [6.45, 7) is 4.23. The molecule has 9 nitrogen and oxygen atoms in total. The Kier molecular flexibility index (Phi) is 6.55. The summed E-state index contributed by atoms with van der Waals surface area (Å²) in [4.78, 5) is 24.4. The molecule has 1 aliphatic heterocycles. The average Bonchev–Trinajstić information content (AvgIpc) is 2.66. The van der Waals surface area contributed by atoms with Crippen molar-refractivity contribution >= 4 is 21.6 Å². The van der Waals surface area contributed by atoms with Gasteiger partial charge in [0.25, 0.3) is 5.69 Å². The first kappa shape index (κ1) is 21.3. The molecule has 1 saturated heterocycles. The summed E-state index contributed by atoms with van der Waals surface area (Å²) in [6, 6.07) is 3.74. The molecule has 0 saturated carbocycles. The zero-order valence-electron chi connectivity index (χ0n) is 15.8. The van der Waals surface area contributed by atoms with Crippen LogP contribution in [0.15, 0.2) is 23.1 Å². The molecule has 0 aliphatic carbocycles. The molecule has 0 radical (unpaired) electrons. The Morgan fingerprint density at radius 2 is 2.00 bits per heavy atom. The largest absolute Gasteiger partial charge is 0.342 e. The predicted octanol–water partition coefficient (Wildman–Crippen LogP) is 1.11. The third kappa shape index (κ3) is 4.45. The van der Waals surface area contributed by atoms with E-state index in [4.69, 9.17) is 5.73 Å². The molecule has 1 fully saturated rings. The van der Waals surface area contributed by atoms with E-state index in [0.717, 1.165) is 6.07 Å². The summed E-state index contributed by atoms with van der Waals surface area (Å²) in [5.74, 6) is -0.279. The molecule has 1 aromatic rings. The molecule has 1 aliphatic rings. The van der Waals surface area contributed by atoms with Crippen molar-refractivity contribution in [3.8, 4) is 0 Å². The lowest BCUT2D eigenvalue weighted by Gasteiger charge is -2.34. The minimum atomic E-state index is -3.86. The fourth-order valence-corrected chi connectivity index (χ4v) is 4.84. The maximum absolute atomic E-state index is 12.9. The van der Waals surface area contributed by atoms with Crippen LogP contribution < -0.4 is 5.73 Å². The number of non-ortho nitro benzene ring substituents is 1. The molecule has 2 rings (SSSR count). The molecule has 0 aromatic heterocycles. The third-order valence-corrected chi connectivity index (χ3v) is 7.19. The second-order valence-electron chi connectivity index (χ2n) is 6.92. The van der Waals surface area contributed by atoms with Crippen LogP contribution in [0.25, 0.3) is 0 Å². The van der Waals surface area contributed by atoms with Gasteiger partial charge in [-0.05, 0) is 32.3 Å². The van der Waals surface area contributed by atoms with Gasteiger partial charge in [-0.3, -0.25) is 14.9 Å². The van der Waals surface area contributed by atoms with Gasteiger partial charge in [0.1, 0.15) is 0 Å². The Bertz CT molecular complexity index is 819. The van der Waals surface area contributed by atoms with Crippen molar-refractivity contribution in [2.75, 3.05) is 26.7 Å². The first-order valence-corrected chi connectivity index (χ1v) is 10.3. The molecule has 150 valence electrons. The van der Waals surface area contributed by atoms with Crippen LogP contribution in [0.1, 0.15) is 25.3 Å². The Morgan fingerprint density at radius 1 is 1.41 bits per heavy atom. The number of hydrogen-bond acceptors (Lipinski definition) is 6. The number of nitrogens with two attached hydrogens (primary N) is 1. The highest BCUT2D eigenvalue weighted by Crippen LogP contribution is 2.29. The normalized spacial score (nSPS) is 17.5. The van der Waals surface area contributed by atoms with Gasteiger partial charge in [-0.25, -0.2) is 8.42 Å². The van der Waals surface area contributed by atoms with E-state index in [2.05, 4.69) is 0 Å². The van der Waals surface area contributed by atoms with Gasteiger partial charge in [-0.1, -0.05) is 6.07 Å². The third-order valence-electron chi connectivity index (χ3n) is 5.15. The van der Waals surface area contributed by atoms with Gasteiger partial charge in [0.15, 0.2) is 0 Å². The number of hydrogen-bond donors (Lipinski definition) is 1. The lowest BCUT2D eigenvalue weighted by molar-refractivity contribution is -0.385. The summed E-state index contributed by atoms with van der Waals surface area (Å²) >= 11 is 0. The Morgan fingerprint density at radius 3 is 2.52 bits per heavy atom. The number of carbonyl (C=O) groups is 1. The summed E-state index contributed by atoms with van der Waals surface area (Å²) in [6.07, 6.45) is 0.821. The van der Waals surface area contributed by atoms with E-state index >= 15 is 0 Å². The van der Waals surface area contributed by atoms with Crippen molar-refractivity contribution in [2.24, 2.45) is 11.7 Å². The predicted molar refractivity (Wildman–Crippen MR) is 101 cm³/mol. The van der Waals surface area contributed by atoms with Gasteiger partial charge < -0.3 is 10.6 Å². The first-order valence-electron chi connectivity index (χ1n) is 8.81. The zero-order valence-corrected chi connectivity index (χ0v) is 16.6. The van der Waals surface area contributed by atoms with E-state index < -0.39 is 14.9 Å². The summed E-state index contributed by atoms with van der Waals surface area (Å²) < 4.78 is 27.2. The van der Waals surface area contributed by atoms with Crippen LogP contribution >= 0.6 is 0 Å². The molecule has 10 heteroatoms. The van der Waals surface area contributed by atoms with Crippen molar-refractivity contribution in [1.82, 2.24) is 9.21 Å². The van der Waals surface area contributed by atoms with Crippen molar-refractivity contribution in [1.29, 1.82) is 0 Å². The average molecular weight is 398 g/mol. The number of nitro groups is 1. The number of sulfonamides is 1. The molecule has 1 atom stereocenters. The molecule has 1 heterocycles. The summed E-state index contributed by atoms with van der Waals surface area (Å²) in [5.41, 5.74) is 5.79. The van der Waals surface area contributed by atoms with Crippen molar-refractivity contribution in [3.05, 3.63) is 33.9 Å². The molecule has 2 N–H and O–H groups in total. The fraction of sp³-hybridized carbons (Fsp3) is 0.588. The van der Waals surface area contributed by atoms with E-state index in [1.807, 2.05) is 6.92 Å². The van der Waals surface area contributed by atoms with Crippen LogP contribution in [-0.4, -0.2) is 61.2 Å². The standard InChI is InChI=1S/C17H26N4O5S/c1-12-4-5-15(21(23)24)10-16(12)27(25,26)20-8-6-14(7-9-20)17(22)19(3)13(2)11-18/h4-5,10,13-14H,6-9,11,18H2,1-3H3. The van der Waals surface area contributed by atoms with Crippen molar-refractivity contribution < 1.29 is 18.1 Å². The van der Waals surface area contributed by atoms with E-state index in [0.29, 0.717) is 24.9 Å². The van der Waals surface area contributed by atoms with Crippen LogP contribution in [0.5, 0.6) is 0 Å². The number of carbonyl (C=O) groups excluding carboxylic acids is 1. The summed E-state index contributed by atoms with van der Waals surface area (Å²) in [5, 5.41) is 11.0. The Labute approximate surface area is 159 Å². The Hall–Kier alpha value is -2.04. The van der Waals surface area contributed by atoms with Crippen LogP contribution in [-0.2, 0) is 14.8 Å². The molecule has 0 spiro atoms. The molecule has 27 heavy (non-hydrogen) atoms. The van der Waals surface area contributed by atoms with Gasteiger partial charge in [0.05, 0.1) is 9.82 Å². The van der Waals surface area contributed by atoms with Gasteiger partial charge >= 0.3 is 0 Å². The van der Waals surface area contributed by atoms with Gasteiger partial charge in [0, 0.05) is 50.8 Å². The minimum absolute atomic E-state index is 0.0310. The Balaban J connectivity index is 2.14. The smallest absolute Gasteiger partial charge is 0.270 e. The maximum atomic E-state index is 12.9. The van der Waals surface area contributed by atoms with Gasteiger partial charge in [-0.2, -0.15) is 4.31 Å².